The van der Waals surface area contributed by atoms with E-state index in [2.05, 4.69) is 10.1 Å². The minimum atomic E-state index is -0.503. The Balaban J connectivity index is 2.26. The van der Waals surface area contributed by atoms with Gasteiger partial charge in [0.15, 0.2) is 5.78 Å². The molecule has 1 fully saturated rings. The molecule has 18 heavy (non-hydrogen) atoms. The van der Waals surface area contributed by atoms with Crippen LogP contribution in [0.25, 0.3) is 0 Å². The van der Waals surface area contributed by atoms with Crippen LogP contribution >= 0.6 is 11.8 Å². The average molecular weight is 270 g/mol. The van der Waals surface area contributed by atoms with Gasteiger partial charge in [-0.05, 0) is 12.8 Å². The summed E-state index contributed by atoms with van der Waals surface area (Å²) >= 11 is 1.61. The van der Waals surface area contributed by atoms with Gasteiger partial charge in [0.05, 0.1) is 5.75 Å². The fraction of sp³-hybridized carbons (Fsp3) is 0.750. The summed E-state index contributed by atoms with van der Waals surface area (Å²) in [5, 5.41) is 4.01. The molecule has 1 aromatic heterocycles. The number of ketones is 1. The molecule has 100 valence electrons. The van der Waals surface area contributed by atoms with Crippen molar-refractivity contribution in [1.29, 1.82) is 0 Å². The van der Waals surface area contributed by atoms with Gasteiger partial charge in [-0.3, -0.25) is 4.79 Å². The average Bonchev–Trinajstić information content (AvgIpc) is 3.01. The number of nitrogens with zero attached hydrogens (tertiary/aromatic N) is 2. The molecule has 1 aromatic rings. The molecule has 6 heteroatoms. The maximum absolute atomic E-state index is 11.7. The van der Waals surface area contributed by atoms with Gasteiger partial charge in [-0.25, -0.2) is 0 Å². The third-order valence-electron chi connectivity index (χ3n) is 3.60. The van der Waals surface area contributed by atoms with Crippen molar-refractivity contribution in [3.05, 3.63) is 11.7 Å². The second-order valence-corrected chi connectivity index (χ2v) is 5.43. The summed E-state index contributed by atoms with van der Waals surface area (Å²) in [4.78, 5) is 16.1. The predicted molar refractivity (Wildman–Crippen MR) is 68.6 cm³/mol. The first-order chi connectivity index (χ1) is 8.66. The van der Waals surface area contributed by atoms with Crippen LogP contribution in [0.4, 0.5) is 0 Å². The van der Waals surface area contributed by atoms with Gasteiger partial charge in [0.1, 0.15) is 11.5 Å². The standard InChI is InChI=1S/C12H18N2O3S/c1-4-12(5-2,16-3)11-13-10(17-14-11)8-6-18-7-9(8)15/h8H,4-7H2,1-3H3. The van der Waals surface area contributed by atoms with Crippen molar-refractivity contribution >= 4 is 17.5 Å². The molecule has 0 amide bonds. The molecule has 0 saturated carbocycles. The van der Waals surface area contributed by atoms with E-state index in [0.29, 0.717) is 17.5 Å². The van der Waals surface area contributed by atoms with Gasteiger partial charge in [-0.1, -0.05) is 19.0 Å². The Morgan fingerprint density at radius 1 is 1.50 bits per heavy atom. The Bertz CT molecular complexity index is 420. The SMILES string of the molecule is CCC(CC)(OC)c1noc(C2CSCC2=O)n1. The molecule has 0 aliphatic carbocycles. The molecule has 0 aromatic carbocycles. The summed E-state index contributed by atoms with van der Waals surface area (Å²) in [6.45, 7) is 4.05. The Kier molecular flexibility index (Phi) is 4.07. The lowest BCUT2D eigenvalue weighted by Crippen LogP contribution is -2.28. The van der Waals surface area contributed by atoms with E-state index < -0.39 is 5.60 Å². The van der Waals surface area contributed by atoms with E-state index in [1.807, 2.05) is 13.8 Å². The van der Waals surface area contributed by atoms with Gasteiger partial charge in [0.25, 0.3) is 0 Å². The number of rotatable bonds is 5. The molecule has 5 nitrogen and oxygen atoms in total. The van der Waals surface area contributed by atoms with Crippen molar-refractivity contribution in [3.63, 3.8) is 0 Å². The predicted octanol–water partition coefficient (Wildman–Crippen LogP) is 2.13. The van der Waals surface area contributed by atoms with Gasteiger partial charge in [0.2, 0.25) is 11.7 Å². The number of aromatic nitrogens is 2. The molecule has 1 atom stereocenters. The number of Topliss-reactive ketones (excluding diaryl/α,β-unsaturated/α-hetero) is 1. The smallest absolute Gasteiger partial charge is 0.238 e. The van der Waals surface area contributed by atoms with Gasteiger partial charge < -0.3 is 9.26 Å². The Morgan fingerprint density at radius 3 is 2.72 bits per heavy atom. The minimum Gasteiger partial charge on any atom is -0.370 e. The Hall–Kier alpha value is -0.880. The summed E-state index contributed by atoms with van der Waals surface area (Å²) in [7, 11) is 1.65. The highest BCUT2D eigenvalue weighted by Gasteiger charge is 2.37. The molecular formula is C12H18N2O3S. The molecule has 0 radical (unpaired) electrons. The minimum absolute atomic E-state index is 0.172. The molecule has 2 heterocycles. The van der Waals surface area contributed by atoms with Gasteiger partial charge in [-0.2, -0.15) is 16.7 Å². The zero-order valence-electron chi connectivity index (χ0n) is 10.9. The first-order valence-electron chi connectivity index (χ1n) is 6.16. The van der Waals surface area contributed by atoms with E-state index in [9.17, 15) is 4.79 Å². The molecule has 0 bridgehead atoms. The van der Waals surface area contributed by atoms with Crippen LogP contribution in [0.3, 0.4) is 0 Å². The van der Waals surface area contributed by atoms with Crippen LogP contribution < -0.4 is 0 Å². The van der Waals surface area contributed by atoms with E-state index in [-0.39, 0.29) is 11.7 Å². The van der Waals surface area contributed by atoms with Crippen molar-refractivity contribution in [2.24, 2.45) is 0 Å². The molecule has 2 rings (SSSR count). The number of carbonyl (C=O) groups is 1. The highest BCUT2D eigenvalue weighted by atomic mass is 32.2. The maximum atomic E-state index is 11.7. The summed E-state index contributed by atoms with van der Waals surface area (Å²) in [5.74, 6) is 2.20. The highest BCUT2D eigenvalue weighted by molar-refractivity contribution is 8.00. The first-order valence-corrected chi connectivity index (χ1v) is 7.32. The van der Waals surface area contributed by atoms with Gasteiger partial charge in [-0.15, -0.1) is 0 Å². The van der Waals surface area contributed by atoms with Crippen molar-refractivity contribution in [3.8, 4) is 0 Å². The fourth-order valence-corrected chi connectivity index (χ4v) is 3.27. The number of methoxy groups -OCH3 is 1. The summed E-state index contributed by atoms with van der Waals surface area (Å²) in [6, 6.07) is 0. The Morgan fingerprint density at radius 2 is 2.22 bits per heavy atom. The van der Waals surface area contributed by atoms with Crippen LogP contribution in [0.15, 0.2) is 4.52 Å². The van der Waals surface area contributed by atoms with E-state index in [1.165, 1.54) is 0 Å². The highest BCUT2D eigenvalue weighted by Crippen LogP contribution is 2.33. The molecule has 1 aliphatic rings. The topological polar surface area (TPSA) is 65.2 Å². The van der Waals surface area contributed by atoms with Crippen LogP contribution in [-0.4, -0.2) is 34.5 Å². The zero-order chi connectivity index (χ0) is 13.2. The number of hydrogen-bond acceptors (Lipinski definition) is 6. The summed E-state index contributed by atoms with van der Waals surface area (Å²) in [5.41, 5.74) is -0.503. The van der Waals surface area contributed by atoms with Crippen LogP contribution in [0.5, 0.6) is 0 Å². The van der Waals surface area contributed by atoms with Crippen LogP contribution in [0.1, 0.15) is 44.3 Å². The second-order valence-electron chi connectivity index (χ2n) is 4.40. The number of hydrogen-bond donors (Lipinski definition) is 0. The van der Waals surface area contributed by atoms with Gasteiger partial charge >= 0.3 is 0 Å². The van der Waals surface area contributed by atoms with E-state index in [4.69, 9.17) is 9.26 Å². The van der Waals surface area contributed by atoms with Crippen LogP contribution in [0.2, 0.25) is 0 Å². The lowest BCUT2D eigenvalue weighted by Gasteiger charge is -2.25. The van der Waals surface area contributed by atoms with Gasteiger partial charge in [0, 0.05) is 12.9 Å². The third-order valence-corrected chi connectivity index (χ3v) is 4.66. The fourth-order valence-electron chi connectivity index (χ4n) is 2.19. The Labute approximate surface area is 111 Å². The van der Waals surface area contributed by atoms with Crippen LogP contribution in [-0.2, 0) is 15.1 Å². The van der Waals surface area contributed by atoms with Crippen molar-refractivity contribution in [2.75, 3.05) is 18.6 Å². The molecular weight excluding hydrogens is 252 g/mol. The molecule has 1 aliphatic heterocycles. The quantitative estimate of drug-likeness (QED) is 0.816. The molecule has 0 N–H and O–H groups in total. The summed E-state index contributed by atoms with van der Waals surface area (Å²) < 4.78 is 10.8. The van der Waals surface area contributed by atoms with E-state index in [0.717, 1.165) is 18.6 Å². The molecule has 1 saturated heterocycles. The number of ether oxygens (including phenoxy) is 1. The number of carbonyl (C=O) groups excluding carboxylic acids is 1. The van der Waals surface area contributed by atoms with Crippen LogP contribution in [0, 0.1) is 0 Å². The van der Waals surface area contributed by atoms with Crippen molar-refractivity contribution < 1.29 is 14.1 Å². The monoisotopic (exact) mass is 270 g/mol. The van der Waals surface area contributed by atoms with Crippen molar-refractivity contribution in [1.82, 2.24) is 10.1 Å². The van der Waals surface area contributed by atoms with E-state index >= 15 is 0 Å². The maximum Gasteiger partial charge on any atom is 0.238 e. The summed E-state index contributed by atoms with van der Waals surface area (Å²) in [6.07, 6.45) is 1.54. The van der Waals surface area contributed by atoms with Crippen molar-refractivity contribution in [2.45, 2.75) is 38.2 Å². The first kappa shape index (κ1) is 13.5. The lowest BCUT2D eigenvalue weighted by molar-refractivity contribution is -0.117. The normalized spacial score (nSPS) is 20.6. The second kappa shape index (κ2) is 5.40. The largest absolute Gasteiger partial charge is 0.370 e. The third kappa shape index (κ3) is 2.19. The van der Waals surface area contributed by atoms with E-state index in [1.54, 1.807) is 18.9 Å². The molecule has 1 unspecified atom stereocenters. The number of thioether (sulfide) groups is 1. The molecule has 0 spiro atoms. The lowest BCUT2D eigenvalue weighted by atomic mass is 9.96. The zero-order valence-corrected chi connectivity index (χ0v) is 11.7.